The first-order chi connectivity index (χ1) is 8.16. The molecule has 0 saturated heterocycles. The lowest BCUT2D eigenvalue weighted by atomic mass is 10.2. The van der Waals surface area contributed by atoms with Crippen molar-refractivity contribution in [1.29, 1.82) is 0 Å². The molecule has 0 amide bonds. The Labute approximate surface area is 105 Å². The smallest absolute Gasteiger partial charge is 0.201 e. The number of ketones is 1. The number of ether oxygens (including phenoxy) is 1. The summed E-state index contributed by atoms with van der Waals surface area (Å²) >= 11 is 5.92. The van der Waals surface area contributed by atoms with Gasteiger partial charge in [-0.15, -0.1) is 0 Å². The Morgan fingerprint density at radius 3 is 2.76 bits per heavy atom. The number of hydrogen-bond acceptors (Lipinski definition) is 2. The van der Waals surface area contributed by atoms with Gasteiger partial charge >= 0.3 is 0 Å². The van der Waals surface area contributed by atoms with Gasteiger partial charge in [0.2, 0.25) is 5.78 Å². The van der Waals surface area contributed by atoms with E-state index < -0.39 is 0 Å². The van der Waals surface area contributed by atoms with Crippen LogP contribution in [-0.4, -0.2) is 17.0 Å². The maximum absolute atomic E-state index is 11.8. The second kappa shape index (κ2) is 5.06. The summed E-state index contributed by atoms with van der Waals surface area (Å²) in [7, 11) is 1.87. The van der Waals surface area contributed by atoms with Crippen molar-refractivity contribution in [2.24, 2.45) is 7.05 Å². The Balaban J connectivity index is 1.99. The Hall–Kier alpha value is -1.74. The summed E-state index contributed by atoms with van der Waals surface area (Å²) in [5.74, 6) is 0.462. The number of carbonyl (C=O) groups excluding carboxylic acids is 1. The van der Waals surface area contributed by atoms with Gasteiger partial charge in [-0.2, -0.15) is 0 Å². The number of nitrogens with zero attached hydrogens (tertiary/aromatic N) is 1. The summed E-state index contributed by atoms with van der Waals surface area (Å²) in [4.78, 5) is 11.8. The summed E-state index contributed by atoms with van der Waals surface area (Å²) in [5, 5.41) is 0.508. The van der Waals surface area contributed by atoms with Gasteiger partial charge < -0.3 is 9.30 Å². The minimum atomic E-state index is -0.0643. The molecule has 0 fully saturated rings. The van der Waals surface area contributed by atoms with E-state index in [9.17, 15) is 4.79 Å². The molecule has 0 aliphatic carbocycles. The van der Waals surface area contributed by atoms with Crippen LogP contribution in [0.2, 0.25) is 5.02 Å². The topological polar surface area (TPSA) is 31.2 Å². The van der Waals surface area contributed by atoms with Crippen LogP contribution in [0.15, 0.2) is 42.7 Å². The number of hydrogen-bond donors (Lipinski definition) is 0. The van der Waals surface area contributed by atoms with E-state index in [0.29, 0.717) is 16.3 Å². The number of benzene rings is 1. The van der Waals surface area contributed by atoms with Crippen LogP contribution in [0.25, 0.3) is 0 Å². The lowest BCUT2D eigenvalue weighted by molar-refractivity contribution is 0.0921. The number of rotatable bonds is 4. The average Bonchev–Trinajstić information content (AvgIpc) is 2.74. The molecule has 4 heteroatoms. The largest absolute Gasteiger partial charge is 0.484 e. The van der Waals surface area contributed by atoms with Gasteiger partial charge in [-0.3, -0.25) is 4.79 Å². The van der Waals surface area contributed by atoms with Crippen molar-refractivity contribution in [1.82, 2.24) is 4.57 Å². The molecule has 0 unspecified atom stereocenters. The van der Waals surface area contributed by atoms with Crippen LogP contribution in [0.1, 0.15) is 10.4 Å². The Morgan fingerprint density at radius 1 is 1.35 bits per heavy atom. The van der Waals surface area contributed by atoms with E-state index in [2.05, 4.69) is 0 Å². The summed E-state index contributed by atoms with van der Waals surface area (Å²) in [5.41, 5.74) is 0.638. The van der Waals surface area contributed by atoms with Crippen molar-refractivity contribution in [3.8, 4) is 5.75 Å². The van der Waals surface area contributed by atoms with Crippen molar-refractivity contribution < 1.29 is 9.53 Å². The molecule has 0 spiro atoms. The SMILES string of the molecule is Cn1ccc(C(=O)COc2ccccc2Cl)c1. The molecule has 0 aliphatic heterocycles. The highest BCUT2D eigenvalue weighted by molar-refractivity contribution is 6.32. The number of aryl methyl sites for hydroxylation is 1. The van der Waals surface area contributed by atoms with Crippen molar-refractivity contribution >= 4 is 17.4 Å². The molecule has 1 aromatic carbocycles. The second-order valence-electron chi connectivity index (χ2n) is 3.71. The van der Waals surface area contributed by atoms with E-state index in [1.165, 1.54) is 0 Å². The van der Waals surface area contributed by atoms with Crippen LogP contribution in [0, 0.1) is 0 Å². The van der Waals surface area contributed by atoms with Gasteiger partial charge in [0, 0.05) is 25.0 Å². The quantitative estimate of drug-likeness (QED) is 0.780. The third kappa shape index (κ3) is 2.88. The van der Waals surface area contributed by atoms with Crippen LogP contribution in [-0.2, 0) is 7.05 Å². The minimum Gasteiger partial charge on any atom is -0.484 e. The number of carbonyl (C=O) groups is 1. The fourth-order valence-electron chi connectivity index (χ4n) is 1.46. The molecule has 2 rings (SSSR count). The zero-order chi connectivity index (χ0) is 12.3. The molecule has 17 heavy (non-hydrogen) atoms. The Kier molecular flexibility index (Phi) is 3.49. The van der Waals surface area contributed by atoms with Gasteiger partial charge in [0.25, 0.3) is 0 Å². The van der Waals surface area contributed by atoms with Crippen LogP contribution in [0.3, 0.4) is 0 Å². The number of para-hydroxylation sites is 1. The normalized spacial score (nSPS) is 10.2. The third-order valence-corrected chi connectivity index (χ3v) is 2.66. The molecular weight excluding hydrogens is 238 g/mol. The van der Waals surface area contributed by atoms with Crippen LogP contribution < -0.4 is 4.74 Å². The standard InChI is InChI=1S/C13H12ClNO2/c1-15-7-6-10(8-15)12(16)9-17-13-5-3-2-4-11(13)14/h2-8H,9H2,1H3. The molecule has 88 valence electrons. The molecule has 1 aromatic heterocycles. The van der Waals surface area contributed by atoms with Crippen molar-refractivity contribution in [2.45, 2.75) is 0 Å². The molecule has 0 bridgehead atoms. The highest BCUT2D eigenvalue weighted by Gasteiger charge is 2.09. The van der Waals surface area contributed by atoms with E-state index in [-0.39, 0.29) is 12.4 Å². The van der Waals surface area contributed by atoms with Crippen molar-refractivity contribution in [3.05, 3.63) is 53.3 Å². The monoisotopic (exact) mass is 249 g/mol. The molecule has 2 aromatic rings. The molecule has 0 saturated carbocycles. The van der Waals surface area contributed by atoms with E-state index >= 15 is 0 Å². The zero-order valence-electron chi connectivity index (χ0n) is 9.39. The molecule has 0 N–H and O–H groups in total. The number of aromatic nitrogens is 1. The highest BCUT2D eigenvalue weighted by Crippen LogP contribution is 2.23. The van der Waals surface area contributed by atoms with Crippen molar-refractivity contribution in [3.63, 3.8) is 0 Å². The first kappa shape index (κ1) is 11.7. The molecule has 0 atom stereocenters. The fraction of sp³-hybridized carbons (Fsp3) is 0.154. The fourth-order valence-corrected chi connectivity index (χ4v) is 1.65. The predicted molar refractivity (Wildman–Crippen MR) is 66.7 cm³/mol. The minimum absolute atomic E-state index is 0.00620. The first-order valence-electron chi connectivity index (χ1n) is 5.19. The summed E-state index contributed by atoms with van der Waals surface area (Å²) < 4.78 is 7.19. The molecule has 0 aliphatic rings. The van der Waals surface area contributed by atoms with Crippen LogP contribution in [0.4, 0.5) is 0 Å². The molecule has 1 heterocycles. The lowest BCUT2D eigenvalue weighted by Crippen LogP contribution is -2.11. The summed E-state index contributed by atoms with van der Waals surface area (Å²) in [6.45, 7) is -0.00620. The first-order valence-corrected chi connectivity index (χ1v) is 5.57. The van der Waals surface area contributed by atoms with Gasteiger partial charge in [0.1, 0.15) is 5.75 Å². The average molecular weight is 250 g/mol. The van der Waals surface area contributed by atoms with E-state index in [1.807, 2.05) is 29.9 Å². The van der Waals surface area contributed by atoms with E-state index in [1.54, 1.807) is 24.4 Å². The maximum atomic E-state index is 11.8. The number of Topliss-reactive ketones (excluding diaryl/α,β-unsaturated/α-hetero) is 1. The zero-order valence-corrected chi connectivity index (χ0v) is 10.1. The van der Waals surface area contributed by atoms with Crippen LogP contribution >= 0.6 is 11.6 Å². The van der Waals surface area contributed by atoms with Gasteiger partial charge in [0.05, 0.1) is 5.02 Å². The summed E-state index contributed by atoms with van der Waals surface area (Å²) in [6, 6.07) is 8.85. The van der Waals surface area contributed by atoms with E-state index in [4.69, 9.17) is 16.3 Å². The lowest BCUT2D eigenvalue weighted by Gasteiger charge is -2.05. The van der Waals surface area contributed by atoms with Gasteiger partial charge in [-0.25, -0.2) is 0 Å². The van der Waals surface area contributed by atoms with Crippen molar-refractivity contribution in [2.75, 3.05) is 6.61 Å². The molecule has 0 radical (unpaired) electrons. The van der Waals surface area contributed by atoms with E-state index in [0.717, 1.165) is 0 Å². The van der Waals surface area contributed by atoms with Gasteiger partial charge in [0.15, 0.2) is 6.61 Å². The molecular formula is C13H12ClNO2. The second-order valence-corrected chi connectivity index (χ2v) is 4.12. The Bertz CT molecular complexity index is 534. The van der Waals surface area contributed by atoms with Gasteiger partial charge in [-0.05, 0) is 18.2 Å². The highest BCUT2D eigenvalue weighted by atomic mass is 35.5. The Morgan fingerprint density at radius 2 is 2.12 bits per heavy atom. The third-order valence-electron chi connectivity index (χ3n) is 2.35. The number of halogens is 1. The summed E-state index contributed by atoms with van der Waals surface area (Å²) in [6.07, 6.45) is 3.58. The van der Waals surface area contributed by atoms with Crippen LogP contribution in [0.5, 0.6) is 5.75 Å². The maximum Gasteiger partial charge on any atom is 0.201 e. The predicted octanol–water partition coefficient (Wildman–Crippen LogP) is 2.94. The van der Waals surface area contributed by atoms with Gasteiger partial charge in [-0.1, -0.05) is 23.7 Å². The molecule has 3 nitrogen and oxygen atoms in total.